The van der Waals surface area contributed by atoms with E-state index in [1.54, 1.807) is 0 Å². The molecule has 1 N–H and O–H groups in total. The van der Waals surface area contributed by atoms with Crippen molar-refractivity contribution in [1.82, 2.24) is 5.32 Å². The fraction of sp³-hybridized carbons (Fsp3) is 0.571. The van der Waals surface area contributed by atoms with Crippen molar-refractivity contribution in [3.63, 3.8) is 0 Å². The first-order chi connectivity index (χ1) is 7.63. The fourth-order valence-electron chi connectivity index (χ4n) is 1.57. The molecule has 90 valence electrons. The molecule has 1 unspecified atom stereocenters. The first-order valence-electron chi connectivity index (χ1n) is 5.95. The molecule has 0 saturated carbocycles. The van der Waals surface area contributed by atoms with Crippen LogP contribution >= 0.6 is 11.8 Å². The zero-order valence-electron chi connectivity index (χ0n) is 10.8. The van der Waals surface area contributed by atoms with Crippen LogP contribution < -0.4 is 5.32 Å². The lowest BCUT2D eigenvalue weighted by molar-refractivity contribution is 0.659. The second kappa shape index (κ2) is 6.97. The van der Waals surface area contributed by atoms with Crippen molar-refractivity contribution in [2.24, 2.45) is 5.92 Å². The van der Waals surface area contributed by atoms with Gasteiger partial charge in [-0.05, 0) is 31.2 Å². The summed E-state index contributed by atoms with van der Waals surface area (Å²) in [5.41, 5.74) is 2.72. The zero-order chi connectivity index (χ0) is 12.0. The van der Waals surface area contributed by atoms with E-state index in [-0.39, 0.29) is 0 Å². The van der Waals surface area contributed by atoms with Crippen molar-refractivity contribution in [1.29, 1.82) is 0 Å². The molecule has 1 rings (SSSR count). The molecular formula is C14H23NS. The third kappa shape index (κ3) is 4.58. The maximum atomic E-state index is 3.39. The molecule has 0 bridgehead atoms. The molecule has 0 aromatic heterocycles. The summed E-state index contributed by atoms with van der Waals surface area (Å²) in [6.45, 7) is 6.67. The lowest BCUT2D eigenvalue weighted by atomic mass is 10.1. The molecule has 0 fully saturated rings. The topological polar surface area (TPSA) is 12.0 Å². The van der Waals surface area contributed by atoms with E-state index in [9.17, 15) is 0 Å². The van der Waals surface area contributed by atoms with Crippen molar-refractivity contribution in [3.05, 3.63) is 35.4 Å². The number of nitrogens with one attached hydrogen (secondary N) is 1. The first kappa shape index (κ1) is 13.6. The first-order valence-corrected chi connectivity index (χ1v) is 7.10. The Morgan fingerprint density at radius 3 is 2.25 bits per heavy atom. The molecule has 0 aliphatic rings. The van der Waals surface area contributed by atoms with Crippen molar-refractivity contribution >= 4 is 11.8 Å². The van der Waals surface area contributed by atoms with E-state index >= 15 is 0 Å². The van der Waals surface area contributed by atoms with Crippen LogP contribution in [0.2, 0.25) is 0 Å². The maximum Gasteiger partial charge on any atom is 0.0409 e. The Labute approximate surface area is 104 Å². The summed E-state index contributed by atoms with van der Waals surface area (Å²) in [7, 11) is 2.04. The normalized spacial score (nSPS) is 13.1. The van der Waals surface area contributed by atoms with Crippen molar-refractivity contribution < 1.29 is 0 Å². The molecule has 16 heavy (non-hydrogen) atoms. The van der Waals surface area contributed by atoms with Gasteiger partial charge in [0.25, 0.3) is 0 Å². The molecule has 1 aromatic carbocycles. The second-order valence-corrected chi connectivity index (χ2v) is 5.76. The van der Waals surface area contributed by atoms with Gasteiger partial charge in [0.2, 0.25) is 0 Å². The molecule has 0 heterocycles. The fourth-order valence-corrected chi connectivity index (χ4v) is 2.77. The van der Waals surface area contributed by atoms with E-state index in [1.165, 1.54) is 16.9 Å². The SMILES string of the molecule is CNC(CSCC(C)C)c1ccc(C)cc1. The van der Waals surface area contributed by atoms with Gasteiger partial charge in [0.1, 0.15) is 0 Å². The van der Waals surface area contributed by atoms with Gasteiger partial charge in [0, 0.05) is 11.8 Å². The van der Waals surface area contributed by atoms with E-state index in [0.717, 1.165) is 11.7 Å². The van der Waals surface area contributed by atoms with Gasteiger partial charge < -0.3 is 5.32 Å². The van der Waals surface area contributed by atoms with Crippen LogP contribution in [0.15, 0.2) is 24.3 Å². The van der Waals surface area contributed by atoms with E-state index in [0.29, 0.717) is 6.04 Å². The largest absolute Gasteiger partial charge is 0.312 e. The van der Waals surface area contributed by atoms with Gasteiger partial charge in [-0.1, -0.05) is 43.7 Å². The Bertz CT molecular complexity index is 292. The lowest BCUT2D eigenvalue weighted by Gasteiger charge is -2.17. The van der Waals surface area contributed by atoms with Crippen LogP contribution in [0.25, 0.3) is 0 Å². The van der Waals surface area contributed by atoms with E-state index in [2.05, 4.69) is 50.4 Å². The van der Waals surface area contributed by atoms with Crippen molar-refractivity contribution in [2.45, 2.75) is 26.8 Å². The van der Waals surface area contributed by atoms with Crippen molar-refractivity contribution in [2.75, 3.05) is 18.6 Å². The van der Waals surface area contributed by atoms with Gasteiger partial charge in [-0.15, -0.1) is 0 Å². The molecule has 0 aliphatic heterocycles. The highest BCUT2D eigenvalue weighted by Gasteiger charge is 2.08. The predicted molar refractivity (Wildman–Crippen MR) is 75.1 cm³/mol. The summed E-state index contributed by atoms with van der Waals surface area (Å²) in [6, 6.07) is 9.31. The smallest absolute Gasteiger partial charge is 0.0409 e. The maximum absolute atomic E-state index is 3.39. The zero-order valence-corrected chi connectivity index (χ0v) is 11.6. The molecule has 1 aromatic rings. The number of aryl methyl sites for hydroxylation is 1. The number of benzene rings is 1. The Morgan fingerprint density at radius 1 is 1.12 bits per heavy atom. The molecule has 0 spiro atoms. The molecule has 0 amide bonds. The summed E-state index contributed by atoms with van der Waals surface area (Å²) in [6.07, 6.45) is 0. The minimum absolute atomic E-state index is 0.476. The summed E-state index contributed by atoms with van der Waals surface area (Å²) in [5.74, 6) is 3.17. The predicted octanol–water partition coefficient (Wildman–Crippen LogP) is 3.64. The van der Waals surface area contributed by atoms with Crippen LogP contribution in [-0.4, -0.2) is 18.6 Å². The molecule has 2 heteroatoms. The Morgan fingerprint density at radius 2 is 1.75 bits per heavy atom. The standard InChI is InChI=1S/C14H23NS/c1-11(2)9-16-10-14(15-4)13-7-5-12(3)6-8-13/h5-8,11,14-15H,9-10H2,1-4H3. The second-order valence-electron chi connectivity index (χ2n) is 4.68. The van der Waals surface area contributed by atoms with Gasteiger partial charge in [-0.3, -0.25) is 0 Å². The minimum atomic E-state index is 0.476. The molecule has 0 aliphatic carbocycles. The molecule has 1 nitrogen and oxygen atoms in total. The summed E-state index contributed by atoms with van der Waals surface area (Å²) >= 11 is 2.03. The average Bonchev–Trinajstić information content (AvgIpc) is 2.26. The average molecular weight is 237 g/mol. The monoisotopic (exact) mass is 237 g/mol. The van der Waals surface area contributed by atoms with Gasteiger partial charge >= 0.3 is 0 Å². The molecule has 1 atom stereocenters. The third-order valence-electron chi connectivity index (χ3n) is 2.56. The van der Waals surface area contributed by atoms with Crippen molar-refractivity contribution in [3.8, 4) is 0 Å². The van der Waals surface area contributed by atoms with E-state index < -0.39 is 0 Å². The van der Waals surface area contributed by atoms with Gasteiger partial charge in [-0.2, -0.15) is 11.8 Å². The van der Waals surface area contributed by atoms with Crippen LogP contribution in [0.4, 0.5) is 0 Å². The highest BCUT2D eigenvalue weighted by molar-refractivity contribution is 7.99. The van der Waals surface area contributed by atoms with E-state index in [1.807, 2.05) is 18.8 Å². The Kier molecular flexibility index (Phi) is 5.93. The summed E-state index contributed by atoms with van der Waals surface area (Å²) in [5, 5.41) is 3.39. The number of hydrogen-bond acceptors (Lipinski definition) is 2. The third-order valence-corrected chi connectivity index (χ3v) is 4.04. The number of hydrogen-bond donors (Lipinski definition) is 1. The van der Waals surface area contributed by atoms with Gasteiger partial charge in [-0.25, -0.2) is 0 Å². The molecule has 0 saturated heterocycles. The Hall–Kier alpha value is -0.470. The quantitative estimate of drug-likeness (QED) is 0.810. The van der Waals surface area contributed by atoms with Gasteiger partial charge in [0.15, 0.2) is 0 Å². The Balaban J connectivity index is 2.50. The highest BCUT2D eigenvalue weighted by atomic mass is 32.2. The highest BCUT2D eigenvalue weighted by Crippen LogP contribution is 2.20. The van der Waals surface area contributed by atoms with Gasteiger partial charge in [0.05, 0.1) is 0 Å². The van der Waals surface area contributed by atoms with Crippen LogP contribution in [0.1, 0.15) is 31.0 Å². The van der Waals surface area contributed by atoms with Crippen LogP contribution in [0.3, 0.4) is 0 Å². The van der Waals surface area contributed by atoms with Crippen LogP contribution in [0.5, 0.6) is 0 Å². The molecular weight excluding hydrogens is 214 g/mol. The number of thioether (sulfide) groups is 1. The summed E-state index contributed by atoms with van der Waals surface area (Å²) < 4.78 is 0. The molecule has 0 radical (unpaired) electrons. The lowest BCUT2D eigenvalue weighted by Crippen LogP contribution is -2.19. The minimum Gasteiger partial charge on any atom is -0.312 e. The van der Waals surface area contributed by atoms with Crippen LogP contribution in [0, 0.1) is 12.8 Å². The summed E-state index contributed by atoms with van der Waals surface area (Å²) in [4.78, 5) is 0. The van der Waals surface area contributed by atoms with E-state index in [4.69, 9.17) is 0 Å². The number of rotatable bonds is 6. The van der Waals surface area contributed by atoms with Crippen LogP contribution in [-0.2, 0) is 0 Å².